The number of rotatable bonds is 7. The molecular weight excluding hydrogens is 354 g/mol. The fraction of sp³-hybridized carbons (Fsp3) is 0.750. The summed E-state index contributed by atoms with van der Waals surface area (Å²) in [6, 6.07) is 1.99. The SMILES string of the molecule is CCNC(=NCc1ccnn1C)NCCN1CCN(C(=O)C2CCCC2)CC1. The van der Waals surface area contributed by atoms with Crippen LogP contribution in [0.4, 0.5) is 0 Å². The monoisotopic (exact) mass is 389 g/mol. The Morgan fingerprint density at radius 2 is 1.96 bits per heavy atom. The first-order valence-corrected chi connectivity index (χ1v) is 10.7. The lowest BCUT2D eigenvalue weighted by molar-refractivity contribution is -0.137. The maximum absolute atomic E-state index is 12.5. The third-order valence-corrected chi connectivity index (χ3v) is 5.77. The van der Waals surface area contributed by atoms with Crippen molar-refractivity contribution in [1.82, 2.24) is 30.2 Å². The van der Waals surface area contributed by atoms with Crippen molar-refractivity contribution in [2.24, 2.45) is 18.0 Å². The Morgan fingerprint density at radius 1 is 1.21 bits per heavy atom. The van der Waals surface area contributed by atoms with E-state index >= 15 is 0 Å². The van der Waals surface area contributed by atoms with Crippen molar-refractivity contribution >= 4 is 11.9 Å². The standard InChI is InChI=1S/C20H35N7O/c1-3-21-20(23-16-18-8-9-24-25(18)2)22-10-11-26-12-14-27(15-13-26)19(28)17-6-4-5-7-17/h8-9,17H,3-7,10-16H2,1-2H3,(H2,21,22,23). The van der Waals surface area contributed by atoms with Gasteiger partial charge >= 0.3 is 0 Å². The minimum Gasteiger partial charge on any atom is -0.357 e. The van der Waals surface area contributed by atoms with Crippen molar-refractivity contribution in [1.29, 1.82) is 0 Å². The first-order chi connectivity index (χ1) is 13.7. The van der Waals surface area contributed by atoms with E-state index in [-0.39, 0.29) is 0 Å². The lowest BCUT2D eigenvalue weighted by atomic mass is 10.1. The third-order valence-electron chi connectivity index (χ3n) is 5.77. The number of aliphatic imine (C=N–C) groups is 1. The minimum atomic E-state index is 0.298. The van der Waals surface area contributed by atoms with E-state index in [2.05, 4.69) is 37.4 Å². The van der Waals surface area contributed by atoms with Gasteiger partial charge in [-0.15, -0.1) is 0 Å². The Bertz CT molecular complexity index is 643. The number of hydrogen-bond acceptors (Lipinski definition) is 4. The van der Waals surface area contributed by atoms with E-state index in [1.807, 2.05) is 17.8 Å². The Hall–Kier alpha value is -2.09. The van der Waals surface area contributed by atoms with Gasteiger partial charge in [-0.05, 0) is 25.8 Å². The van der Waals surface area contributed by atoms with Gasteiger partial charge in [-0.3, -0.25) is 14.4 Å². The largest absolute Gasteiger partial charge is 0.357 e. The van der Waals surface area contributed by atoms with Gasteiger partial charge in [0.2, 0.25) is 5.91 Å². The van der Waals surface area contributed by atoms with Gasteiger partial charge in [0.05, 0.1) is 12.2 Å². The lowest BCUT2D eigenvalue weighted by Gasteiger charge is -2.36. The highest BCUT2D eigenvalue weighted by molar-refractivity contribution is 5.80. The van der Waals surface area contributed by atoms with Crippen molar-refractivity contribution < 1.29 is 4.79 Å². The fourth-order valence-electron chi connectivity index (χ4n) is 4.01. The molecule has 0 unspecified atom stereocenters. The number of nitrogens with zero attached hydrogens (tertiary/aromatic N) is 5. The fourth-order valence-corrected chi connectivity index (χ4v) is 4.01. The molecule has 156 valence electrons. The molecule has 28 heavy (non-hydrogen) atoms. The van der Waals surface area contributed by atoms with Gasteiger partial charge < -0.3 is 15.5 Å². The Balaban J connectivity index is 1.37. The molecule has 0 atom stereocenters. The van der Waals surface area contributed by atoms with Gasteiger partial charge in [0.25, 0.3) is 0 Å². The maximum Gasteiger partial charge on any atom is 0.225 e. The van der Waals surface area contributed by atoms with Gasteiger partial charge in [0.1, 0.15) is 0 Å². The first-order valence-electron chi connectivity index (χ1n) is 10.7. The Kier molecular flexibility index (Phi) is 7.71. The molecule has 1 saturated carbocycles. The zero-order valence-electron chi connectivity index (χ0n) is 17.4. The Labute approximate surface area is 168 Å². The maximum atomic E-state index is 12.5. The average molecular weight is 390 g/mol. The van der Waals surface area contributed by atoms with Crippen molar-refractivity contribution in [3.8, 4) is 0 Å². The summed E-state index contributed by atoms with van der Waals surface area (Å²) in [7, 11) is 1.93. The molecule has 3 rings (SSSR count). The number of carbonyl (C=O) groups excluding carboxylic acids is 1. The molecule has 8 nitrogen and oxygen atoms in total. The molecule has 1 saturated heterocycles. The van der Waals surface area contributed by atoms with Crippen molar-refractivity contribution in [2.45, 2.75) is 39.2 Å². The van der Waals surface area contributed by atoms with Gasteiger partial charge in [-0.1, -0.05) is 12.8 Å². The predicted molar refractivity (Wildman–Crippen MR) is 111 cm³/mol. The molecule has 2 fully saturated rings. The van der Waals surface area contributed by atoms with Crippen LogP contribution >= 0.6 is 0 Å². The summed E-state index contributed by atoms with van der Waals surface area (Å²) in [6.07, 6.45) is 6.42. The van der Waals surface area contributed by atoms with Crippen molar-refractivity contribution in [2.75, 3.05) is 45.8 Å². The molecule has 1 aliphatic carbocycles. The molecule has 1 aromatic rings. The van der Waals surface area contributed by atoms with Gasteiger partial charge in [0.15, 0.2) is 5.96 Å². The van der Waals surface area contributed by atoms with E-state index in [0.29, 0.717) is 18.4 Å². The Morgan fingerprint density at radius 3 is 2.61 bits per heavy atom. The number of hydrogen-bond donors (Lipinski definition) is 2. The number of aromatic nitrogens is 2. The van der Waals surface area contributed by atoms with Crippen LogP contribution in [0.15, 0.2) is 17.3 Å². The third kappa shape index (κ3) is 5.70. The molecule has 0 radical (unpaired) electrons. The second-order valence-corrected chi connectivity index (χ2v) is 7.72. The van der Waals surface area contributed by atoms with E-state index < -0.39 is 0 Å². The van der Waals surface area contributed by atoms with Gasteiger partial charge in [0, 0.05) is 65.0 Å². The van der Waals surface area contributed by atoms with Crippen LogP contribution in [0.1, 0.15) is 38.3 Å². The quantitative estimate of drug-likeness (QED) is 0.533. The second kappa shape index (κ2) is 10.5. The molecule has 2 aliphatic rings. The highest BCUT2D eigenvalue weighted by atomic mass is 16.2. The number of nitrogens with one attached hydrogen (secondary N) is 2. The van der Waals surface area contributed by atoms with Crippen molar-refractivity contribution in [3.05, 3.63) is 18.0 Å². The molecule has 0 spiro atoms. The molecule has 8 heteroatoms. The highest BCUT2D eigenvalue weighted by Crippen LogP contribution is 2.26. The van der Waals surface area contributed by atoms with Crippen LogP contribution in [0, 0.1) is 5.92 Å². The van der Waals surface area contributed by atoms with Crippen LogP contribution in [-0.4, -0.2) is 77.3 Å². The van der Waals surface area contributed by atoms with Crippen LogP contribution in [0.5, 0.6) is 0 Å². The molecule has 1 aliphatic heterocycles. The topological polar surface area (TPSA) is 77.8 Å². The molecule has 2 N–H and O–H groups in total. The smallest absolute Gasteiger partial charge is 0.225 e. The van der Waals surface area contributed by atoms with Crippen LogP contribution in [0.2, 0.25) is 0 Å². The van der Waals surface area contributed by atoms with E-state index in [4.69, 9.17) is 0 Å². The summed E-state index contributed by atoms with van der Waals surface area (Å²) in [4.78, 5) is 21.7. The van der Waals surface area contributed by atoms with E-state index in [0.717, 1.165) is 70.3 Å². The molecule has 1 aromatic heterocycles. The average Bonchev–Trinajstić information content (AvgIpc) is 3.38. The first kappa shape index (κ1) is 20.6. The normalized spacial score (nSPS) is 19.2. The number of piperazine rings is 1. The molecule has 1 amide bonds. The summed E-state index contributed by atoms with van der Waals surface area (Å²) < 4.78 is 1.85. The highest BCUT2D eigenvalue weighted by Gasteiger charge is 2.29. The summed E-state index contributed by atoms with van der Waals surface area (Å²) >= 11 is 0. The summed E-state index contributed by atoms with van der Waals surface area (Å²) in [5, 5.41) is 10.9. The van der Waals surface area contributed by atoms with E-state index in [1.165, 1.54) is 12.8 Å². The van der Waals surface area contributed by atoms with E-state index in [1.54, 1.807) is 6.20 Å². The van der Waals surface area contributed by atoms with Crippen molar-refractivity contribution in [3.63, 3.8) is 0 Å². The molecule has 2 heterocycles. The van der Waals surface area contributed by atoms with Crippen LogP contribution in [-0.2, 0) is 18.4 Å². The minimum absolute atomic E-state index is 0.298. The number of aryl methyl sites for hydroxylation is 1. The number of carbonyl (C=O) groups is 1. The van der Waals surface area contributed by atoms with E-state index in [9.17, 15) is 4.79 Å². The number of amides is 1. The summed E-state index contributed by atoms with van der Waals surface area (Å²) in [5.74, 6) is 1.53. The zero-order chi connectivity index (χ0) is 19.8. The lowest BCUT2D eigenvalue weighted by Crippen LogP contribution is -2.51. The molecule has 0 aromatic carbocycles. The molecular formula is C20H35N7O. The van der Waals surface area contributed by atoms with Gasteiger partial charge in [-0.2, -0.15) is 5.10 Å². The van der Waals surface area contributed by atoms with Gasteiger partial charge in [-0.25, -0.2) is 4.99 Å². The molecule has 0 bridgehead atoms. The summed E-state index contributed by atoms with van der Waals surface area (Å²) in [5.41, 5.74) is 1.08. The van der Waals surface area contributed by atoms with Crippen LogP contribution in [0.3, 0.4) is 0 Å². The predicted octanol–water partition coefficient (Wildman–Crippen LogP) is 0.810. The number of guanidine groups is 1. The zero-order valence-corrected chi connectivity index (χ0v) is 17.4. The second-order valence-electron chi connectivity index (χ2n) is 7.72. The van der Waals surface area contributed by atoms with Crippen LogP contribution in [0.25, 0.3) is 0 Å². The summed E-state index contributed by atoms with van der Waals surface area (Å²) in [6.45, 7) is 8.96. The van der Waals surface area contributed by atoms with Crippen LogP contribution < -0.4 is 10.6 Å².